The van der Waals surface area contributed by atoms with E-state index in [1.54, 1.807) is 12.0 Å². The minimum Gasteiger partial charge on any atom is -0.384 e. The van der Waals surface area contributed by atoms with E-state index in [0.29, 0.717) is 0 Å². The molecule has 1 aromatic heterocycles. The molecule has 1 atom stereocenters. The van der Waals surface area contributed by atoms with Crippen LogP contribution in [-0.2, 0) is 24.0 Å². The second-order valence-corrected chi connectivity index (χ2v) is 6.90. The first kappa shape index (κ1) is 14.1. The number of halogens is 1. The van der Waals surface area contributed by atoms with Gasteiger partial charge < -0.3 is 4.74 Å². The summed E-state index contributed by atoms with van der Waals surface area (Å²) in [5.74, 6) is 0. The zero-order chi connectivity index (χ0) is 13.9. The second-order valence-electron chi connectivity index (χ2n) is 5.30. The Hall–Kier alpha value is -0.830. The molecule has 1 aliphatic rings. The normalized spacial score (nSPS) is 15.3. The van der Waals surface area contributed by atoms with Crippen LogP contribution < -0.4 is 0 Å². The minimum absolute atomic E-state index is 0.0120. The first-order chi connectivity index (χ1) is 9.78. The number of hydrogen-bond acceptors (Lipinski definition) is 2. The summed E-state index contributed by atoms with van der Waals surface area (Å²) in [6.07, 6.45) is 4.73. The molecule has 1 unspecified atom stereocenters. The summed E-state index contributed by atoms with van der Waals surface area (Å²) in [5.41, 5.74) is 4.01. The minimum atomic E-state index is -0.0120. The van der Waals surface area contributed by atoms with Crippen LogP contribution in [0.3, 0.4) is 0 Å². The Bertz CT molecular complexity index is 552. The van der Waals surface area contributed by atoms with Crippen LogP contribution >= 0.6 is 22.9 Å². The Morgan fingerprint density at radius 2 is 2.05 bits per heavy atom. The van der Waals surface area contributed by atoms with E-state index in [1.165, 1.54) is 40.8 Å². The van der Waals surface area contributed by atoms with Crippen molar-refractivity contribution < 1.29 is 4.74 Å². The smallest absolute Gasteiger partial charge is 0.0927 e. The summed E-state index contributed by atoms with van der Waals surface area (Å²) in [7, 11) is 1.74. The Morgan fingerprint density at radius 3 is 2.75 bits per heavy atom. The highest BCUT2D eigenvalue weighted by atomic mass is 35.5. The molecule has 0 saturated carbocycles. The Morgan fingerprint density at radius 1 is 1.25 bits per heavy atom. The summed E-state index contributed by atoms with van der Waals surface area (Å²) in [6.45, 7) is 0.765. The van der Waals surface area contributed by atoms with Gasteiger partial charge in [-0.15, -0.1) is 22.9 Å². The van der Waals surface area contributed by atoms with Crippen molar-refractivity contribution in [2.24, 2.45) is 0 Å². The molecule has 1 nitrogen and oxygen atoms in total. The lowest BCUT2D eigenvalue weighted by atomic mass is 10.1. The largest absolute Gasteiger partial charge is 0.384 e. The van der Waals surface area contributed by atoms with E-state index in [-0.39, 0.29) is 5.38 Å². The number of hydrogen-bond donors (Lipinski definition) is 0. The second kappa shape index (κ2) is 6.30. The van der Waals surface area contributed by atoms with Crippen LogP contribution in [-0.4, -0.2) is 13.7 Å². The third kappa shape index (κ3) is 2.93. The van der Waals surface area contributed by atoms with Crippen LogP contribution in [0, 0.1) is 0 Å². The zero-order valence-corrected chi connectivity index (χ0v) is 13.3. The Balaban J connectivity index is 1.74. The molecule has 0 N–H and O–H groups in total. The molecule has 0 radical (unpaired) electrons. The van der Waals surface area contributed by atoms with Crippen molar-refractivity contribution >= 4 is 22.9 Å². The summed E-state index contributed by atoms with van der Waals surface area (Å²) in [6, 6.07) is 10.9. The van der Waals surface area contributed by atoms with Crippen LogP contribution in [0.2, 0.25) is 0 Å². The molecule has 20 heavy (non-hydrogen) atoms. The van der Waals surface area contributed by atoms with Crippen molar-refractivity contribution in [3.05, 3.63) is 56.8 Å². The number of fused-ring (bicyclic) bond motifs is 1. The van der Waals surface area contributed by atoms with Gasteiger partial charge in [-0.1, -0.05) is 24.3 Å². The van der Waals surface area contributed by atoms with Gasteiger partial charge in [0.2, 0.25) is 0 Å². The molecule has 0 spiro atoms. The molecule has 106 valence electrons. The molecule has 0 bridgehead atoms. The van der Waals surface area contributed by atoms with Gasteiger partial charge in [0.15, 0.2) is 0 Å². The zero-order valence-electron chi connectivity index (χ0n) is 11.7. The Kier molecular flexibility index (Phi) is 4.45. The molecule has 0 amide bonds. The highest BCUT2D eigenvalue weighted by Gasteiger charge is 2.19. The van der Waals surface area contributed by atoms with E-state index < -0.39 is 0 Å². The highest BCUT2D eigenvalue weighted by Crippen LogP contribution is 2.39. The van der Waals surface area contributed by atoms with E-state index in [4.69, 9.17) is 16.3 Å². The lowest BCUT2D eigenvalue weighted by Crippen LogP contribution is -1.96. The van der Waals surface area contributed by atoms with Gasteiger partial charge in [0, 0.05) is 16.9 Å². The van der Waals surface area contributed by atoms with Crippen LogP contribution in [0.4, 0.5) is 0 Å². The van der Waals surface area contributed by atoms with E-state index in [0.717, 1.165) is 13.0 Å². The van der Waals surface area contributed by atoms with Crippen molar-refractivity contribution in [1.29, 1.82) is 0 Å². The quantitative estimate of drug-likeness (QED) is 0.724. The van der Waals surface area contributed by atoms with E-state index in [9.17, 15) is 0 Å². The predicted octanol–water partition coefficient (Wildman–Crippen LogP) is 4.75. The maximum atomic E-state index is 6.64. The summed E-state index contributed by atoms with van der Waals surface area (Å²) < 4.78 is 5.10. The molecule has 1 aliphatic carbocycles. The first-order valence-corrected chi connectivity index (χ1v) is 8.36. The highest BCUT2D eigenvalue weighted by molar-refractivity contribution is 7.12. The van der Waals surface area contributed by atoms with Crippen molar-refractivity contribution in [2.75, 3.05) is 13.7 Å². The van der Waals surface area contributed by atoms with Crippen molar-refractivity contribution in [3.63, 3.8) is 0 Å². The van der Waals surface area contributed by atoms with Crippen LogP contribution in [0.1, 0.15) is 38.2 Å². The number of ether oxygens (including phenoxy) is 1. The van der Waals surface area contributed by atoms with Crippen molar-refractivity contribution in [1.82, 2.24) is 0 Å². The lowest BCUT2D eigenvalue weighted by Gasteiger charge is -2.09. The first-order valence-electron chi connectivity index (χ1n) is 7.11. The van der Waals surface area contributed by atoms with E-state index >= 15 is 0 Å². The fourth-order valence-electron chi connectivity index (χ4n) is 2.71. The van der Waals surface area contributed by atoms with Gasteiger partial charge in [-0.05, 0) is 48.4 Å². The number of benzene rings is 1. The number of alkyl halides is 1. The molecule has 3 rings (SSSR count). The molecule has 1 heterocycles. The molecule has 0 fully saturated rings. The Labute approximate surface area is 129 Å². The maximum Gasteiger partial charge on any atom is 0.0927 e. The SMILES string of the molecule is COCCc1ccc(C(Cl)c2cc3c(s2)CCC3)cc1. The molecule has 0 aliphatic heterocycles. The van der Waals surface area contributed by atoms with Crippen molar-refractivity contribution in [3.8, 4) is 0 Å². The van der Waals surface area contributed by atoms with Gasteiger partial charge in [0.1, 0.15) is 0 Å². The summed E-state index contributed by atoms with van der Waals surface area (Å²) in [4.78, 5) is 2.84. The van der Waals surface area contributed by atoms with Crippen LogP contribution in [0.15, 0.2) is 30.3 Å². The fourth-order valence-corrected chi connectivity index (χ4v) is 4.32. The predicted molar refractivity (Wildman–Crippen MR) is 86.1 cm³/mol. The third-order valence-corrected chi connectivity index (χ3v) is 5.80. The number of thiophene rings is 1. The monoisotopic (exact) mass is 306 g/mol. The third-order valence-electron chi connectivity index (χ3n) is 3.88. The summed E-state index contributed by atoms with van der Waals surface area (Å²) >= 11 is 8.53. The van der Waals surface area contributed by atoms with Gasteiger partial charge in [-0.25, -0.2) is 0 Å². The molecule has 3 heteroatoms. The average molecular weight is 307 g/mol. The van der Waals surface area contributed by atoms with Crippen LogP contribution in [0.25, 0.3) is 0 Å². The average Bonchev–Trinajstić information content (AvgIpc) is 3.06. The van der Waals surface area contributed by atoms with Gasteiger partial charge in [-0.2, -0.15) is 0 Å². The maximum absolute atomic E-state index is 6.64. The fraction of sp³-hybridized carbons (Fsp3) is 0.412. The van der Waals surface area contributed by atoms with Crippen molar-refractivity contribution in [2.45, 2.75) is 31.1 Å². The lowest BCUT2D eigenvalue weighted by molar-refractivity contribution is 0.202. The van der Waals surface area contributed by atoms with Gasteiger partial charge >= 0.3 is 0 Å². The molecule has 2 aromatic rings. The summed E-state index contributed by atoms with van der Waals surface area (Å²) in [5, 5.41) is -0.0120. The standard InChI is InChI=1S/C17H19ClOS/c1-19-10-9-12-5-7-13(8-6-12)17(18)16-11-14-3-2-4-15(14)20-16/h5-8,11,17H,2-4,9-10H2,1H3. The molecule has 1 aromatic carbocycles. The number of aryl methyl sites for hydroxylation is 2. The van der Waals surface area contributed by atoms with E-state index in [1.807, 2.05) is 11.3 Å². The number of methoxy groups -OCH3 is 1. The molecular formula is C17H19ClOS. The number of rotatable bonds is 5. The van der Waals surface area contributed by atoms with Gasteiger partial charge in [0.25, 0.3) is 0 Å². The van der Waals surface area contributed by atoms with E-state index in [2.05, 4.69) is 30.3 Å². The molecule has 0 saturated heterocycles. The topological polar surface area (TPSA) is 9.23 Å². The van der Waals surface area contributed by atoms with Gasteiger partial charge in [0.05, 0.1) is 12.0 Å². The van der Waals surface area contributed by atoms with Gasteiger partial charge in [-0.3, -0.25) is 0 Å². The van der Waals surface area contributed by atoms with Crippen LogP contribution in [0.5, 0.6) is 0 Å². The molecular weight excluding hydrogens is 288 g/mol.